The van der Waals surface area contributed by atoms with Crippen LogP contribution in [-0.2, 0) is 14.3 Å². The van der Waals surface area contributed by atoms with Crippen molar-refractivity contribution in [3.63, 3.8) is 0 Å². The molecule has 3 aliphatic heterocycles. The van der Waals surface area contributed by atoms with Crippen molar-refractivity contribution in [3.8, 4) is 0 Å². The van der Waals surface area contributed by atoms with Gasteiger partial charge in [-0.2, -0.15) is 0 Å². The average molecular weight is 339 g/mol. The molecule has 6 nitrogen and oxygen atoms in total. The molecule has 0 radical (unpaired) electrons. The van der Waals surface area contributed by atoms with Crippen LogP contribution in [0.5, 0.6) is 0 Å². The number of ether oxygens (including phenoxy) is 2. The fraction of sp³-hybridized carbons (Fsp3) is 0.944. The van der Waals surface area contributed by atoms with Gasteiger partial charge in [-0.25, -0.2) is 0 Å². The molecule has 3 heterocycles. The van der Waals surface area contributed by atoms with Crippen LogP contribution in [0.25, 0.3) is 0 Å². The minimum absolute atomic E-state index is 0.208. The molecule has 3 aliphatic rings. The summed E-state index contributed by atoms with van der Waals surface area (Å²) in [5, 5.41) is 0. The molecule has 1 amide bonds. The number of rotatable bonds is 6. The van der Waals surface area contributed by atoms with E-state index in [4.69, 9.17) is 9.47 Å². The maximum absolute atomic E-state index is 11.5. The second-order valence-corrected chi connectivity index (χ2v) is 7.56. The molecule has 0 saturated carbocycles. The summed E-state index contributed by atoms with van der Waals surface area (Å²) in [7, 11) is 0. The number of hydrogen-bond acceptors (Lipinski definition) is 5. The molecule has 3 atom stereocenters. The Labute approximate surface area is 146 Å². The molecule has 138 valence electrons. The summed E-state index contributed by atoms with van der Waals surface area (Å²) in [5.41, 5.74) is 0. The van der Waals surface area contributed by atoms with E-state index in [1.807, 2.05) is 4.90 Å². The van der Waals surface area contributed by atoms with Gasteiger partial charge < -0.3 is 14.4 Å². The van der Waals surface area contributed by atoms with Gasteiger partial charge in [-0.15, -0.1) is 0 Å². The Kier molecular flexibility index (Phi) is 6.49. The first-order valence-electron chi connectivity index (χ1n) is 9.54. The monoisotopic (exact) mass is 339 g/mol. The van der Waals surface area contributed by atoms with E-state index >= 15 is 0 Å². The number of carbonyl (C=O) groups is 1. The van der Waals surface area contributed by atoms with Gasteiger partial charge in [0, 0.05) is 65.4 Å². The molecule has 0 aromatic heterocycles. The van der Waals surface area contributed by atoms with Gasteiger partial charge >= 0.3 is 0 Å². The third-order valence-electron chi connectivity index (χ3n) is 5.76. The van der Waals surface area contributed by atoms with Crippen LogP contribution >= 0.6 is 0 Å². The molecule has 24 heavy (non-hydrogen) atoms. The lowest BCUT2D eigenvalue weighted by molar-refractivity contribution is -0.130. The second-order valence-electron chi connectivity index (χ2n) is 7.56. The highest BCUT2D eigenvalue weighted by molar-refractivity contribution is 5.73. The van der Waals surface area contributed by atoms with Gasteiger partial charge in [0.1, 0.15) is 0 Å². The second kappa shape index (κ2) is 8.61. The van der Waals surface area contributed by atoms with E-state index in [9.17, 15) is 4.79 Å². The van der Waals surface area contributed by atoms with Gasteiger partial charge in [0.25, 0.3) is 0 Å². The van der Waals surface area contributed by atoms with E-state index in [0.29, 0.717) is 18.1 Å². The fourth-order valence-corrected chi connectivity index (χ4v) is 4.26. The average Bonchev–Trinajstić information content (AvgIpc) is 3.21. The predicted molar refractivity (Wildman–Crippen MR) is 93.0 cm³/mol. The Balaban J connectivity index is 1.34. The quantitative estimate of drug-likeness (QED) is 0.666. The van der Waals surface area contributed by atoms with Crippen LogP contribution in [0.2, 0.25) is 0 Å². The third-order valence-corrected chi connectivity index (χ3v) is 5.76. The van der Waals surface area contributed by atoms with E-state index in [2.05, 4.69) is 16.7 Å². The summed E-state index contributed by atoms with van der Waals surface area (Å²) in [5.74, 6) is 0.895. The highest BCUT2D eigenvalue weighted by Gasteiger charge is 2.35. The van der Waals surface area contributed by atoms with Crippen LogP contribution < -0.4 is 0 Å². The van der Waals surface area contributed by atoms with Crippen LogP contribution in [0.3, 0.4) is 0 Å². The molecule has 0 bridgehead atoms. The third kappa shape index (κ3) is 4.69. The van der Waals surface area contributed by atoms with Crippen molar-refractivity contribution < 1.29 is 14.3 Å². The maximum atomic E-state index is 11.5. The molecule has 6 heteroatoms. The first-order valence-corrected chi connectivity index (χ1v) is 9.54. The Hall–Kier alpha value is -0.690. The molecular weight excluding hydrogens is 306 g/mol. The minimum Gasteiger partial charge on any atom is -0.377 e. The van der Waals surface area contributed by atoms with Crippen molar-refractivity contribution >= 4 is 5.91 Å². The zero-order chi connectivity index (χ0) is 16.9. The van der Waals surface area contributed by atoms with E-state index < -0.39 is 0 Å². The largest absolute Gasteiger partial charge is 0.377 e. The molecule has 0 unspecified atom stereocenters. The molecule has 0 spiro atoms. The van der Waals surface area contributed by atoms with Gasteiger partial charge in [-0.05, 0) is 18.8 Å². The van der Waals surface area contributed by atoms with Crippen LogP contribution in [0.4, 0.5) is 0 Å². The zero-order valence-electron chi connectivity index (χ0n) is 15.3. The van der Waals surface area contributed by atoms with Crippen LogP contribution in [-0.4, -0.2) is 98.4 Å². The van der Waals surface area contributed by atoms with Crippen molar-refractivity contribution in [1.82, 2.24) is 14.7 Å². The number of likely N-dealkylation sites (tertiary alicyclic amines) is 1. The summed E-state index contributed by atoms with van der Waals surface area (Å²) in [4.78, 5) is 18.5. The van der Waals surface area contributed by atoms with Gasteiger partial charge in [0.05, 0.1) is 19.3 Å². The first-order chi connectivity index (χ1) is 11.6. The lowest BCUT2D eigenvalue weighted by Crippen LogP contribution is -2.53. The number of piperazine rings is 1. The molecule has 0 aromatic rings. The van der Waals surface area contributed by atoms with Crippen LogP contribution in [0.15, 0.2) is 0 Å². The number of carbonyl (C=O) groups excluding carboxylic acids is 1. The van der Waals surface area contributed by atoms with Crippen molar-refractivity contribution in [2.45, 2.75) is 38.8 Å². The SMILES string of the molecule is CC(=O)N1CCN([C@@H]2CN(CCOC[C@H]3CCCO3)C[C@@H]2C)CC1. The minimum atomic E-state index is 0.208. The van der Waals surface area contributed by atoms with Crippen molar-refractivity contribution in [2.24, 2.45) is 5.92 Å². The Morgan fingerprint density at radius 2 is 2.00 bits per heavy atom. The standard InChI is InChI=1S/C18H33N3O3/c1-15-12-19(9-11-23-14-17-4-3-10-24-17)13-18(15)21-7-5-20(6-8-21)16(2)22/h15,17-18H,3-14H2,1-2H3/t15-,17+,18+/m0/s1. The molecule has 0 N–H and O–H groups in total. The highest BCUT2D eigenvalue weighted by atomic mass is 16.5. The summed E-state index contributed by atoms with van der Waals surface area (Å²) >= 11 is 0. The molecular formula is C18H33N3O3. The molecule has 0 aliphatic carbocycles. The predicted octanol–water partition coefficient (Wildman–Crippen LogP) is 0.666. The van der Waals surface area contributed by atoms with Crippen molar-refractivity contribution in [1.29, 1.82) is 0 Å². The Bertz CT molecular complexity index is 406. The molecule has 3 fully saturated rings. The maximum Gasteiger partial charge on any atom is 0.219 e. The summed E-state index contributed by atoms with van der Waals surface area (Å²) in [6, 6.07) is 0.622. The number of hydrogen-bond donors (Lipinski definition) is 0. The Morgan fingerprint density at radius 3 is 2.67 bits per heavy atom. The summed E-state index contributed by atoms with van der Waals surface area (Å²) in [6.45, 7) is 13.6. The van der Waals surface area contributed by atoms with E-state index in [-0.39, 0.29) is 5.91 Å². The van der Waals surface area contributed by atoms with E-state index in [1.165, 1.54) is 6.42 Å². The zero-order valence-corrected chi connectivity index (χ0v) is 15.3. The smallest absolute Gasteiger partial charge is 0.219 e. The lowest BCUT2D eigenvalue weighted by atomic mass is 10.0. The number of nitrogens with zero attached hydrogens (tertiary/aromatic N) is 3. The van der Waals surface area contributed by atoms with Gasteiger partial charge in [0.15, 0.2) is 0 Å². The lowest BCUT2D eigenvalue weighted by Gasteiger charge is -2.39. The number of amides is 1. The van der Waals surface area contributed by atoms with Crippen LogP contribution in [0, 0.1) is 5.92 Å². The summed E-state index contributed by atoms with van der Waals surface area (Å²) < 4.78 is 11.4. The first kappa shape index (κ1) is 18.1. The summed E-state index contributed by atoms with van der Waals surface area (Å²) in [6.07, 6.45) is 2.65. The molecule has 3 rings (SSSR count). The Morgan fingerprint density at radius 1 is 1.21 bits per heavy atom. The van der Waals surface area contributed by atoms with E-state index in [0.717, 1.165) is 72.1 Å². The molecule has 0 aromatic carbocycles. The molecule has 3 saturated heterocycles. The van der Waals surface area contributed by atoms with Gasteiger partial charge in [0.2, 0.25) is 5.91 Å². The highest BCUT2D eigenvalue weighted by Crippen LogP contribution is 2.23. The van der Waals surface area contributed by atoms with Crippen LogP contribution in [0.1, 0.15) is 26.7 Å². The fourth-order valence-electron chi connectivity index (χ4n) is 4.26. The topological polar surface area (TPSA) is 45.3 Å². The van der Waals surface area contributed by atoms with Gasteiger partial charge in [-0.1, -0.05) is 6.92 Å². The van der Waals surface area contributed by atoms with Crippen molar-refractivity contribution in [2.75, 3.05) is 65.6 Å². The van der Waals surface area contributed by atoms with Gasteiger partial charge in [-0.3, -0.25) is 14.6 Å². The van der Waals surface area contributed by atoms with E-state index in [1.54, 1.807) is 6.92 Å². The van der Waals surface area contributed by atoms with Crippen molar-refractivity contribution in [3.05, 3.63) is 0 Å². The normalized spacial score (nSPS) is 32.6.